The molecule has 0 fully saturated rings. The Morgan fingerprint density at radius 2 is 1.77 bits per heavy atom. The summed E-state index contributed by atoms with van der Waals surface area (Å²) in [5, 5.41) is 5.34. The van der Waals surface area contributed by atoms with Crippen molar-refractivity contribution < 1.29 is 9.53 Å². The van der Waals surface area contributed by atoms with Crippen molar-refractivity contribution in [1.82, 2.24) is 9.97 Å². The molecular weight excluding hydrogens is 398 g/mol. The highest BCUT2D eigenvalue weighted by molar-refractivity contribution is 7.99. The molecule has 0 saturated carbocycles. The van der Waals surface area contributed by atoms with E-state index in [1.165, 1.54) is 17.8 Å². The molecule has 2 N–H and O–H groups in total. The first kappa shape index (κ1) is 19.7. The zero-order valence-corrected chi connectivity index (χ0v) is 16.8. The standard InChI is InChI=1S/C23H19N3O3S/c27-21-13-17(14-29-18-9-2-1-3-10-18)24-23(26-21)30-15-22(28)25-20-12-6-8-16-7-4-5-11-19(16)20/h1-13H,14-15H2,(H,25,28)(H,24,26,27). The van der Waals surface area contributed by atoms with Crippen LogP contribution in [0.15, 0.2) is 88.8 Å². The van der Waals surface area contributed by atoms with Gasteiger partial charge in [-0.25, -0.2) is 4.98 Å². The van der Waals surface area contributed by atoms with Gasteiger partial charge in [0, 0.05) is 17.1 Å². The van der Waals surface area contributed by atoms with E-state index in [4.69, 9.17) is 4.74 Å². The van der Waals surface area contributed by atoms with E-state index in [9.17, 15) is 9.59 Å². The number of thioether (sulfide) groups is 1. The number of benzene rings is 3. The maximum atomic E-state index is 12.4. The Kier molecular flexibility index (Phi) is 6.10. The summed E-state index contributed by atoms with van der Waals surface area (Å²) in [4.78, 5) is 31.4. The summed E-state index contributed by atoms with van der Waals surface area (Å²) in [7, 11) is 0. The number of ether oxygens (including phenoxy) is 1. The van der Waals surface area contributed by atoms with Gasteiger partial charge in [0.15, 0.2) is 5.16 Å². The van der Waals surface area contributed by atoms with Crippen molar-refractivity contribution >= 4 is 34.1 Å². The number of nitrogens with one attached hydrogen (secondary N) is 2. The molecule has 3 aromatic carbocycles. The molecule has 0 bridgehead atoms. The maximum Gasteiger partial charge on any atom is 0.251 e. The number of fused-ring (bicyclic) bond motifs is 1. The third-order valence-corrected chi connectivity index (χ3v) is 5.18. The minimum absolute atomic E-state index is 0.120. The van der Waals surface area contributed by atoms with Crippen LogP contribution in [-0.4, -0.2) is 21.6 Å². The Bertz CT molecular complexity index is 1220. The fraction of sp³-hybridized carbons (Fsp3) is 0.0870. The molecule has 0 saturated heterocycles. The van der Waals surface area contributed by atoms with Crippen molar-refractivity contribution in [3.05, 3.63) is 94.9 Å². The number of rotatable bonds is 7. The summed E-state index contributed by atoms with van der Waals surface area (Å²) in [6, 6.07) is 24.3. The lowest BCUT2D eigenvalue weighted by Crippen LogP contribution is -2.16. The molecule has 4 rings (SSSR count). The fourth-order valence-corrected chi connectivity index (χ4v) is 3.65. The molecule has 1 aromatic heterocycles. The van der Waals surface area contributed by atoms with Crippen LogP contribution >= 0.6 is 11.8 Å². The number of hydrogen-bond acceptors (Lipinski definition) is 5. The van der Waals surface area contributed by atoms with Crippen LogP contribution in [0.4, 0.5) is 5.69 Å². The monoisotopic (exact) mass is 417 g/mol. The van der Waals surface area contributed by atoms with Crippen LogP contribution in [-0.2, 0) is 11.4 Å². The van der Waals surface area contributed by atoms with Gasteiger partial charge >= 0.3 is 0 Å². The second-order valence-electron chi connectivity index (χ2n) is 6.51. The van der Waals surface area contributed by atoms with Crippen molar-refractivity contribution in [3.63, 3.8) is 0 Å². The van der Waals surface area contributed by atoms with Crippen molar-refractivity contribution in [3.8, 4) is 5.75 Å². The lowest BCUT2D eigenvalue weighted by molar-refractivity contribution is -0.113. The van der Waals surface area contributed by atoms with E-state index in [1.54, 1.807) is 0 Å². The number of hydrogen-bond donors (Lipinski definition) is 2. The van der Waals surface area contributed by atoms with Gasteiger partial charge in [-0.2, -0.15) is 0 Å². The lowest BCUT2D eigenvalue weighted by Gasteiger charge is -2.09. The van der Waals surface area contributed by atoms with Gasteiger partial charge in [-0.05, 0) is 23.6 Å². The van der Waals surface area contributed by atoms with Crippen molar-refractivity contribution in [2.75, 3.05) is 11.1 Å². The van der Waals surface area contributed by atoms with Crippen LogP contribution in [0.2, 0.25) is 0 Å². The largest absolute Gasteiger partial charge is 0.487 e. The van der Waals surface area contributed by atoms with Crippen LogP contribution in [0.1, 0.15) is 5.69 Å². The van der Waals surface area contributed by atoms with Gasteiger partial charge in [0.1, 0.15) is 12.4 Å². The number of anilines is 1. The van der Waals surface area contributed by atoms with Crippen LogP contribution in [0.25, 0.3) is 10.8 Å². The number of carbonyl (C=O) groups excluding carboxylic acids is 1. The van der Waals surface area contributed by atoms with E-state index in [2.05, 4.69) is 15.3 Å². The van der Waals surface area contributed by atoms with E-state index < -0.39 is 0 Å². The Morgan fingerprint density at radius 3 is 2.63 bits per heavy atom. The first-order valence-electron chi connectivity index (χ1n) is 9.36. The van der Waals surface area contributed by atoms with E-state index in [0.717, 1.165) is 16.5 Å². The van der Waals surface area contributed by atoms with Gasteiger partial charge in [0.2, 0.25) is 5.91 Å². The third-order valence-electron chi connectivity index (χ3n) is 4.31. The van der Waals surface area contributed by atoms with Crippen molar-refractivity contribution in [2.24, 2.45) is 0 Å². The topological polar surface area (TPSA) is 84.1 Å². The SMILES string of the molecule is O=C(CSc1nc(COc2ccccc2)cc(=O)[nH]1)Nc1cccc2ccccc12. The molecule has 0 aliphatic heterocycles. The van der Waals surface area contributed by atoms with Gasteiger partial charge in [-0.3, -0.25) is 9.59 Å². The smallest absolute Gasteiger partial charge is 0.251 e. The van der Waals surface area contributed by atoms with Crippen LogP contribution < -0.4 is 15.6 Å². The van der Waals surface area contributed by atoms with E-state index >= 15 is 0 Å². The van der Waals surface area contributed by atoms with Crippen LogP contribution in [0.5, 0.6) is 5.75 Å². The summed E-state index contributed by atoms with van der Waals surface area (Å²) < 4.78 is 5.64. The molecule has 30 heavy (non-hydrogen) atoms. The zero-order valence-electron chi connectivity index (χ0n) is 16.0. The fourth-order valence-electron chi connectivity index (χ4n) is 2.95. The first-order valence-corrected chi connectivity index (χ1v) is 10.3. The van der Waals surface area contributed by atoms with Gasteiger partial charge in [0.05, 0.1) is 11.4 Å². The Hall–Kier alpha value is -3.58. The lowest BCUT2D eigenvalue weighted by atomic mass is 10.1. The number of nitrogens with zero attached hydrogens (tertiary/aromatic N) is 1. The van der Waals surface area contributed by atoms with Gasteiger partial charge < -0.3 is 15.0 Å². The minimum Gasteiger partial charge on any atom is -0.487 e. The highest BCUT2D eigenvalue weighted by Gasteiger charge is 2.09. The Morgan fingerprint density at radius 1 is 1.00 bits per heavy atom. The number of H-pyrrole nitrogens is 1. The van der Waals surface area contributed by atoms with E-state index in [1.807, 2.05) is 72.8 Å². The molecule has 150 valence electrons. The normalized spacial score (nSPS) is 10.7. The molecule has 0 radical (unpaired) electrons. The quantitative estimate of drug-likeness (QED) is 0.347. The second kappa shape index (κ2) is 9.28. The average molecular weight is 417 g/mol. The minimum atomic E-state index is -0.284. The number of aromatic amines is 1. The molecule has 6 nitrogen and oxygen atoms in total. The van der Waals surface area contributed by atoms with Gasteiger partial charge in [-0.15, -0.1) is 0 Å². The molecule has 0 aliphatic carbocycles. The number of aromatic nitrogens is 2. The highest BCUT2D eigenvalue weighted by Crippen LogP contribution is 2.23. The van der Waals surface area contributed by atoms with E-state index in [0.29, 0.717) is 16.6 Å². The van der Waals surface area contributed by atoms with Gasteiger partial charge in [-0.1, -0.05) is 66.4 Å². The molecule has 4 aromatic rings. The molecule has 7 heteroatoms. The average Bonchev–Trinajstić information content (AvgIpc) is 2.77. The summed E-state index contributed by atoms with van der Waals surface area (Å²) in [5.74, 6) is 0.642. The predicted molar refractivity (Wildman–Crippen MR) is 119 cm³/mol. The summed E-state index contributed by atoms with van der Waals surface area (Å²) in [6.07, 6.45) is 0. The molecule has 1 amide bonds. The number of para-hydroxylation sites is 1. The summed E-state index contributed by atoms with van der Waals surface area (Å²) >= 11 is 1.17. The molecule has 0 atom stereocenters. The van der Waals surface area contributed by atoms with Crippen LogP contribution in [0.3, 0.4) is 0 Å². The van der Waals surface area contributed by atoms with Gasteiger partial charge in [0.25, 0.3) is 5.56 Å². The molecule has 1 heterocycles. The third kappa shape index (κ3) is 5.07. The van der Waals surface area contributed by atoms with Crippen molar-refractivity contribution in [1.29, 1.82) is 0 Å². The number of amides is 1. The predicted octanol–water partition coefficient (Wildman–Crippen LogP) is 4.23. The molecule has 0 aliphatic rings. The summed E-state index contributed by atoms with van der Waals surface area (Å²) in [5.41, 5.74) is 0.971. The highest BCUT2D eigenvalue weighted by atomic mass is 32.2. The van der Waals surface area contributed by atoms with Crippen molar-refractivity contribution in [2.45, 2.75) is 11.8 Å². The molecule has 0 spiro atoms. The molecule has 0 unspecified atom stereocenters. The van der Waals surface area contributed by atoms with Crippen LogP contribution in [0, 0.1) is 0 Å². The zero-order chi connectivity index (χ0) is 20.8. The maximum absolute atomic E-state index is 12.4. The Labute approximate surface area is 177 Å². The van der Waals surface area contributed by atoms with E-state index in [-0.39, 0.29) is 23.8 Å². The molecular formula is C23H19N3O3S. The summed E-state index contributed by atoms with van der Waals surface area (Å²) in [6.45, 7) is 0.170. The first-order chi connectivity index (χ1) is 14.7. The number of carbonyl (C=O) groups is 1. The Balaban J connectivity index is 1.38. The second-order valence-corrected chi connectivity index (χ2v) is 7.47.